The molecule has 1 aliphatic heterocycles. The summed E-state index contributed by atoms with van der Waals surface area (Å²) in [4.78, 5) is 20.5. The number of aromatic nitrogens is 2. The van der Waals surface area contributed by atoms with E-state index in [1.807, 2.05) is 4.90 Å². The van der Waals surface area contributed by atoms with Crippen LogP contribution in [0.1, 0.15) is 6.42 Å². The van der Waals surface area contributed by atoms with Crippen molar-refractivity contribution >= 4 is 12.0 Å². The molecular weight excluding hydrogens is 184 g/mol. The number of ether oxygens (including phenoxy) is 1. The molecule has 0 aromatic carbocycles. The average molecular weight is 194 g/mol. The highest BCUT2D eigenvalue weighted by molar-refractivity contribution is 5.67. The van der Waals surface area contributed by atoms with Crippen LogP contribution in [0.3, 0.4) is 0 Å². The molecule has 14 heavy (non-hydrogen) atoms. The monoisotopic (exact) mass is 194 g/mol. The van der Waals surface area contributed by atoms with Crippen LogP contribution < -0.4 is 15.4 Å². The number of primary amides is 1. The van der Waals surface area contributed by atoms with Gasteiger partial charge in [0.25, 0.3) is 0 Å². The Morgan fingerprint density at radius 3 is 2.50 bits per heavy atom. The number of rotatable bonds is 2. The first-order chi connectivity index (χ1) is 6.75. The Bertz CT molecular complexity index is 334. The Morgan fingerprint density at radius 1 is 1.43 bits per heavy atom. The molecule has 1 aromatic rings. The van der Waals surface area contributed by atoms with E-state index >= 15 is 0 Å². The molecule has 6 nitrogen and oxygen atoms in total. The zero-order valence-electron chi connectivity index (χ0n) is 7.51. The lowest BCUT2D eigenvalue weighted by atomic mass is 10.2. The molecular formula is C8H10N4O2. The number of carbonyl (C=O) groups is 1. The van der Waals surface area contributed by atoms with Gasteiger partial charge in [0.05, 0.1) is 12.4 Å². The molecule has 2 heterocycles. The van der Waals surface area contributed by atoms with Gasteiger partial charge in [-0.1, -0.05) is 0 Å². The highest BCUT2D eigenvalue weighted by Gasteiger charge is 2.16. The molecule has 0 unspecified atom stereocenters. The largest absolute Gasteiger partial charge is 0.410 e. The Balaban J connectivity index is 2.05. The van der Waals surface area contributed by atoms with Crippen LogP contribution in [0.4, 0.5) is 10.7 Å². The molecule has 1 saturated heterocycles. The first kappa shape index (κ1) is 8.74. The van der Waals surface area contributed by atoms with Gasteiger partial charge in [-0.25, -0.2) is 14.8 Å². The van der Waals surface area contributed by atoms with Crippen LogP contribution in [0.15, 0.2) is 12.4 Å². The van der Waals surface area contributed by atoms with Crippen molar-refractivity contribution in [1.29, 1.82) is 0 Å². The third-order valence-corrected chi connectivity index (χ3v) is 1.97. The van der Waals surface area contributed by atoms with Crippen molar-refractivity contribution in [2.45, 2.75) is 6.42 Å². The highest BCUT2D eigenvalue weighted by atomic mass is 16.5. The molecule has 0 radical (unpaired) electrons. The summed E-state index contributed by atoms with van der Waals surface area (Å²) in [6.45, 7) is 1.96. The minimum atomic E-state index is -0.856. The van der Waals surface area contributed by atoms with Gasteiger partial charge in [-0.2, -0.15) is 0 Å². The van der Waals surface area contributed by atoms with Crippen LogP contribution in [0.5, 0.6) is 5.75 Å². The normalized spacial score (nSPS) is 14.7. The minimum absolute atomic E-state index is 0.266. The number of nitrogens with two attached hydrogens (primary N) is 1. The van der Waals surface area contributed by atoms with Crippen molar-refractivity contribution in [3.63, 3.8) is 0 Å². The molecule has 0 spiro atoms. The zero-order valence-corrected chi connectivity index (χ0v) is 7.51. The summed E-state index contributed by atoms with van der Waals surface area (Å²) in [5.41, 5.74) is 4.83. The first-order valence-electron chi connectivity index (χ1n) is 4.30. The molecule has 0 atom stereocenters. The van der Waals surface area contributed by atoms with Gasteiger partial charge in [0.1, 0.15) is 0 Å². The Kier molecular flexibility index (Phi) is 2.18. The fraction of sp³-hybridized carbons (Fsp3) is 0.375. The van der Waals surface area contributed by atoms with Crippen LogP contribution >= 0.6 is 0 Å². The molecule has 2 rings (SSSR count). The molecule has 0 bridgehead atoms. The molecule has 1 aromatic heterocycles. The van der Waals surface area contributed by atoms with E-state index in [1.165, 1.54) is 18.8 Å². The van der Waals surface area contributed by atoms with E-state index in [-0.39, 0.29) is 5.75 Å². The number of hydrogen-bond acceptors (Lipinski definition) is 5. The molecule has 1 fully saturated rings. The standard InChI is InChI=1S/C8H10N4O2/c9-7(13)14-6-4-10-8(11-5-6)12-2-1-3-12/h4-5H,1-3H2,(H2,9,13). The molecule has 0 aliphatic carbocycles. The maximum absolute atomic E-state index is 10.4. The summed E-state index contributed by atoms with van der Waals surface area (Å²) in [6.07, 6.45) is 3.19. The van der Waals surface area contributed by atoms with Gasteiger partial charge in [0, 0.05) is 13.1 Å². The zero-order chi connectivity index (χ0) is 9.97. The number of anilines is 1. The molecule has 1 amide bonds. The lowest BCUT2D eigenvalue weighted by Crippen LogP contribution is -2.38. The van der Waals surface area contributed by atoms with Crippen LogP contribution in [0.2, 0.25) is 0 Å². The van der Waals surface area contributed by atoms with Gasteiger partial charge in [-0.15, -0.1) is 0 Å². The summed E-state index contributed by atoms with van der Waals surface area (Å²) in [5, 5.41) is 0. The summed E-state index contributed by atoms with van der Waals surface area (Å²) in [6, 6.07) is 0. The third-order valence-electron chi connectivity index (χ3n) is 1.97. The molecule has 2 N–H and O–H groups in total. The van der Waals surface area contributed by atoms with E-state index < -0.39 is 6.09 Å². The number of amides is 1. The van der Waals surface area contributed by atoms with Crippen molar-refractivity contribution in [1.82, 2.24) is 9.97 Å². The summed E-state index contributed by atoms with van der Waals surface area (Å²) >= 11 is 0. The smallest absolute Gasteiger partial charge is 0.407 e. The Labute approximate surface area is 80.7 Å². The van der Waals surface area contributed by atoms with E-state index in [4.69, 9.17) is 5.73 Å². The topological polar surface area (TPSA) is 81.3 Å². The summed E-state index contributed by atoms with van der Waals surface area (Å²) in [7, 11) is 0. The second kappa shape index (κ2) is 3.49. The van der Waals surface area contributed by atoms with Gasteiger partial charge in [-0.05, 0) is 6.42 Å². The van der Waals surface area contributed by atoms with Crippen molar-refractivity contribution in [3.05, 3.63) is 12.4 Å². The number of carbonyl (C=O) groups excluding carboxylic acids is 1. The second-order valence-electron chi connectivity index (χ2n) is 2.98. The second-order valence-corrected chi connectivity index (χ2v) is 2.98. The minimum Gasteiger partial charge on any atom is -0.407 e. The number of nitrogens with zero attached hydrogens (tertiary/aromatic N) is 3. The van der Waals surface area contributed by atoms with Crippen LogP contribution in [0.25, 0.3) is 0 Å². The van der Waals surface area contributed by atoms with Crippen LogP contribution in [-0.4, -0.2) is 29.2 Å². The van der Waals surface area contributed by atoms with Crippen LogP contribution in [-0.2, 0) is 0 Å². The lowest BCUT2D eigenvalue weighted by Gasteiger charge is -2.30. The Hall–Kier alpha value is -1.85. The lowest BCUT2D eigenvalue weighted by molar-refractivity contribution is 0.210. The van der Waals surface area contributed by atoms with Crippen molar-refractivity contribution in [2.75, 3.05) is 18.0 Å². The van der Waals surface area contributed by atoms with Gasteiger partial charge in [-0.3, -0.25) is 0 Å². The van der Waals surface area contributed by atoms with E-state index in [0.717, 1.165) is 13.1 Å². The average Bonchev–Trinajstić information content (AvgIpc) is 2.04. The predicted molar refractivity (Wildman–Crippen MR) is 49.1 cm³/mol. The summed E-state index contributed by atoms with van der Waals surface area (Å²) in [5.74, 6) is 0.926. The maximum atomic E-state index is 10.4. The fourth-order valence-electron chi connectivity index (χ4n) is 1.16. The van der Waals surface area contributed by atoms with Crippen molar-refractivity contribution in [3.8, 4) is 5.75 Å². The van der Waals surface area contributed by atoms with Gasteiger partial charge >= 0.3 is 6.09 Å². The molecule has 74 valence electrons. The number of hydrogen-bond donors (Lipinski definition) is 1. The predicted octanol–water partition coefficient (Wildman–Crippen LogP) is 0.144. The first-order valence-corrected chi connectivity index (χ1v) is 4.30. The molecule has 6 heteroatoms. The van der Waals surface area contributed by atoms with Gasteiger partial charge in [0.15, 0.2) is 5.75 Å². The van der Waals surface area contributed by atoms with Crippen molar-refractivity contribution < 1.29 is 9.53 Å². The van der Waals surface area contributed by atoms with E-state index in [0.29, 0.717) is 5.95 Å². The van der Waals surface area contributed by atoms with E-state index in [9.17, 15) is 4.79 Å². The van der Waals surface area contributed by atoms with Gasteiger partial charge < -0.3 is 15.4 Å². The van der Waals surface area contributed by atoms with Crippen LogP contribution in [0, 0.1) is 0 Å². The quantitative estimate of drug-likeness (QED) is 0.724. The molecule has 1 aliphatic rings. The molecule has 0 saturated carbocycles. The van der Waals surface area contributed by atoms with E-state index in [1.54, 1.807) is 0 Å². The maximum Gasteiger partial charge on any atom is 0.410 e. The van der Waals surface area contributed by atoms with E-state index in [2.05, 4.69) is 14.7 Å². The fourth-order valence-corrected chi connectivity index (χ4v) is 1.16. The SMILES string of the molecule is NC(=O)Oc1cnc(N2CCC2)nc1. The third kappa shape index (κ3) is 1.73. The highest BCUT2D eigenvalue weighted by Crippen LogP contribution is 2.16. The summed E-state index contributed by atoms with van der Waals surface area (Å²) < 4.78 is 4.60. The van der Waals surface area contributed by atoms with Gasteiger partial charge in [0.2, 0.25) is 5.95 Å². The van der Waals surface area contributed by atoms with Crippen molar-refractivity contribution in [2.24, 2.45) is 5.73 Å². The Morgan fingerprint density at radius 2 is 2.07 bits per heavy atom.